The second kappa shape index (κ2) is 28.8. The summed E-state index contributed by atoms with van der Waals surface area (Å²) >= 11 is 0. The molecule has 0 heterocycles. The molecule has 36 heavy (non-hydrogen) atoms. The SMILES string of the molecule is CC#CC#CC#CC#CC(=O)OC[C@H](COP(=O)([O-])[O-])OC(=O)CCCCCCCCCC.N.[HH].[HH].[HH].[HH].[HH].[HH].[HH].[Na+].[Na+]. The van der Waals surface area contributed by atoms with Gasteiger partial charge in [-0.3, -0.25) is 4.79 Å². The topological polar surface area (TPSA) is 160 Å². The molecule has 0 aromatic rings. The summed E-state index contributed by atoms with van der Waals surface area (Å²) in [6, 6.07) is 0. The van der Waals surface area contributed by atoms with E-state index in [1.807, 2.05) is 0 Å². The number of ether oxygens (including phenoxy) is 2. The smallest absolute Gasteiger partial charge is 0.790 e. The minimum atomic E-state index is -5.29. The Labute approximate surface area is 269 Å². The molecule has 0 rings (SSSR count). The molecule has 9 nitrogen and oxygen atoms in total. The largest absolute Gasteiger partial charge is 1.00 e. The van der Waals surface area contributed by atoms with Gasteiger partial charge in [-0.25, -0.2) is 4.79 Å². The van der Waals surface area contributed by atoms with Crippen LogP contribution in [0.2, 0.25) is 0 Å². The van der Waals surface area contributed by atoms with Gasteiger partial charge < -0.3 is 34.5 Å². The summed E-state index contributed by atoms with van der Waals surface area (Å²) in [5.74, 6) is 17.2. The monoisotopic (exact) mass is 553 g/mol. The van der Waals surface area contributed by atoms with Crippen molar-refractivity contribution in [3.05, 3.63) is 0 Å². The maximum Gasteiger partial charge on any atom is 1.00 e. The molecule has 0 bridgehead atoms. The van der Waals surface area contributed by atoms with E-state index in [2.05, 4.69) is 58.8 Å². The number of hydrogen-bond acceptors (Lipinski definition) is 9. The van der Waals surface area contributed by atoms with E-state index in [9.17, 15) is 23.9 Å². The molecule has 0 radical (unpaired) electrons. The Balaban J connectivity index is -0.000000114. The molecule has 0 saturated carbocycles. The van der Waals surface area contributed by atoms with Gasteiger partial charge in [0.2, 0.25) is 0 Å². The third-order valence-electron chi connectivity index (χ3n) is 3.95. The Morgan fingerprint density at radius 3 is 1.94 bits per heavy atom. The van der Waals surface area contributed by atoms with Crippen molar-refractivity contribution in [2.45, 2.75) is 77.7 Å². The maximum atomic E-state index is 12.0. The van der Waals surface area contributed by atoms with Gasteiger partial charge in [0.15, 0.2) is 6.10 Å². The Bertz CT molecular complexity index is 935. The van der Waals surface area contributed by atoms with Gasteiger partial charge in [-0.05, 0) is 48.9 Å². The zero-order chi connectivity index (χ0) is 24.8. The van der Waals surface area contributed by atoms with Crippen LogP contribution in [0.3, 0.4) is 0 Å². The summed E-state index contributed by atoms with van der Waals surface area (Å²) in [4.78, 5) is 45.1. The maximum absolute atomic E-state index is 12.0. The summed E-state index contributed by atoms with van der Waals surface area (Å²) < 4.78 is 24.8. The van der Waals surface area contributed by atoms with E-state index in [-0.39, 0.29) is 81.7 Å². The summed E-state index contributed by atoms with van der Waals surface area (Å²) in [6.07, 6.45) is 7.23. The van der Waals surface area contributed by atoms with Crippen molar-refractivity contribution in [2.24, 2.45) is 0 Å². The summed E-state index contributed by atoms with van der Waals surface area (Å²) in [5, 5.41) is 0. The van der Waals surface area contributed by atoms with Crippen LogP contribution < -0.4 is 75.1 Å². The van der Waals surface area contributed by atoms with Crippen LogP contribution in [0.25, 0.3) is 0 Å². The predicted molar refractivity (Wildman–Crippen MR) is 138 cm³/mol. The van der Waals surface area contributed by atoms with Crippen molar-refractivity contribution in [1.29, 1.82) is 0 Å². The number of phosphoric acid groups is 1. The van der Waals surface area contributed by atoms with Crippen molar-refractivity contribution in [2.75, 3.05) is 13.2 Å². The average molecular weight is 554 g/mol. The van der Waals surface area contributed by atoms with E-state index < -0.39 is 39.1 Å². The second-order valence-electron chi connectivity index (χ2n) is 6.80. The van der Waals surface area contributed by atoms with Crippen LogP contribution in [0.15, 0.2) is 0 Å². The zero-order valence-corrected chi connectivity index (χ0v) is 26.7. The molecule has 0 aliphatic carbocycles. The molecule has 202 valence electrons. The normalized spacial score (nSPS) is 9.67. The molecule has 0 aromatic heterocycles. The van der Waals surface area contributed by atoms with Crippen LogP contribution in [0, 0.1) is 47.4 Å². The Morgan fingerprint density at radius 2 is 1.39 bits per heavy atom. The van der Waals surface area contributed by atoms with Gasteiger partial charge in [0.05, 0.1) is 14.4 Å². The minimum absolute atomic E-state index is 0. The summed E-state index contributed by atoms with van der Waals surface area (Å²) in [5.41, 5.74) is 0. The number of unbranched alkanes of at least 4 members (excludes halogenated alkanes) is 7. The van der Waals surface area contributed by atoms with Crippen molar-refractivity contribution in [1.82, 2.24) is 6.15 Å². The van der Waals surface area contributed by atoms with Crippen LogP contribution in [0.1, 0.15) is 81.6 Å². The quantitative estimate of drug-likeness (QED) is 0.0590. The fourth-order valence-electron chi connectivity index (χ4n) is 2.41. The molecule has 1 atom stereocenters. The standard InChI is InChI=1S/C24H31O8P.H3N.2Na.7H2/c1-3-5-7-9-11-13-15-17-19-24(26)32-22(21-31-33(27,28)29)20-30-23(25)18-16-14-12-10-8-6-4-2;;;;;;;;;;/h22H,3,5,7,9,11,13,15,17,19-21H2,1-2H3,(H2,27,28,29);1H3;;;7*1H/q;;2*+1;;;;;;;/p-2/t22-;;;;;;;;;;/m1........../s1. The molecule has 0 aliphatic heterocycles. The fourth-order valence-corrected chi connectivity index (χ4v) is 2.76. The molecular weight excluding hydrogens is 507 g/mol. The third-order valence-corrected chi connectivity index (χ3v) is 4.42. The van der Waals surface area contributed by atoms with Gasteiger partial charge >= 0.3 is 71.1 Å². The fraction of sp³-hybridized carbons (Fsp3) is 0.583. The first kappa shape index (κ1) is 42.3. The van der Waals surface area contributed by atoms with Gasteiger partial charge in [0.25, 0.3) is 0 Å². The van der Waals surface area contributed by atoms with E-state index in [1.54, 1.807) is 6.92 Å². The van der Waals surface area contributed by atoms with Gasteiger partial charge in [-0.2, -0.15) is 0 Å². The molecule has 0 fully saturated rings. The Hall–Kier alpha value is -0.750. The van der Waals surface area contributed by atoms with Gasteiger partial charge in [0.1, 0.15) is 6.61 Å². The van der Waals surface area contributed by atoms with E-state index >= 15 is 0 Å². The Kier molecular flexibility index (Phi) is 33.9. The van der Waals surface area contributed by atoms with Crippen LogP contribution in [-0.2, 0) is 28.2 Å². The number of rotatable bonds is 15. The first-order chi connectivity index (χ1) is 15.8. The number of esters is 2. The van der Waals surface area contributed by atoms with Crippen molar-refractivity contribution in [3.63, 3.8) is 0 Å². The first-order valence-electron chi connectivity index (χ1n) is 10.7. The molecule has 3 N–H and O–H groups in total. The van der Waals surface area contributed by atoms with Crippen LogP contribution in [0.5, 0.6) is 0 Å². The third kappa shape index (κ3) is 31.3. The van der Waals surface area contributed by atoms with Crippen molar-refractivity contribution < 1.29 is 107 Å². The molecule has 0 unspecified atom stereocenters. The van der Waals surface area contributed by atoms with Crippen molar-refractivity contribution >= 4 is 19.8 Å². The molecule has 0 aliphatic rings. The van der Waals surface area contributed by atoms with E-state index in [1.165, 1.54) is 25.7 Å². The minimum Gasteiger partial charge on any atom is -0.790 e. The van der Waals surface area contributed by atoms with E-state index in [4.69, 9.17) is 9.47 Å². The molecule has 0 amide bonds. The molecule has 0 saturated heterocycles. The zero-order valence-electron chi connectivity index (χ0n) is 21.8. The molecule has 12 heteroatoms. The molecule has 0 aromatic carbocycles. The van der Waals surface area contributed by atoms with Crippen molar-refractivity contribution in [3.8, 4) is 47.4 Å². The number of carbonyl (C=O) groups is 2. The average Bonchev–Trinajstić information content (AvgIpc) is 2.76. The second-order valence-corrected chi connectivity index (χ2v) is 7.96. The molecule has 0 spiro atoms. The van der Waals surface area contributed by atoms with E-state index in [0.717, 1.165) is 19.3 Å². The van der Waals surface area contributed by atoms with Gasteiger partial charge in [-0.1, -0.05) is 57.8 Å². The predicted octanol–water partition coefficient (Wildman–Crippen LogP) is -2.26. The number of hydrogen-bond donors (Lipinski definition) is 1. The number of phosphoric ester groups is 1. The van der Waals surface area contributed by atoms with Gasteiger partial charge in [-0.15, -0.1) is 0 Å². The van der Waals surface area contributed by atoms with Gasteiger partial charge in [0, 0.05) is 22.3 Å². The van der Waals surface area contributed by atoms with E-state index in [0.29, 0.717) is 6.42 Å². The molecular formula is C24H46NNa2O8P. The summed E-state index contributed by atoms with van der Waals surface area (Å²) in [7, 11) is -5.29. The van der Waals surface area contributed by atoms with Crippen LogP contribution in [0.4, 0.5) is 0 Å². The Morgan fingerprint density at radius 1 is 0.861 bits per heavy atom. The first-order valence-corrected chi connectivity index (χ1v) is 12.2. The summed E-state index contributed by atoms with van der Waals surface area (Å²) in [6.45, 7) is 2.48. The van der Waals surface area contributed by atoms with Crippen LogP contribution in [-0.4, -0.2) is 31.3 Å². The number of carbonyl (C=O) groups excluding carboxylic acids is 2. The van der Waals surface area contributed by atoms with Crippen LogP contribution >= 0.6 is 7.82 Å².